The Morgan fingerprint density at radius 1 is 1.09 bits per heavy atom. The van der Waals surface area contributed by atoms with Gasteiger partial charge in [-0.15, -0.1) is 0 Å². The summed E-state index contributed by atoms with van der Waals surface area (Å²) < 4.78 is 2.28. The molecule has 1 saturated carbocycles. The highest BCUT2D eigenvalue weighted by atomic mass is 16.2. The lowest BCUT2D eigenvalue weighted by molar-refractivity contribution is -0.135. The molecule has 1 aromatic carbocycles. The summed E-state index contributed by atoms with van der Waals surface area (Å²) in [5.74, 6) is 0.596. The van der Waals surface area contributed by atoms with Crippen molar-refractivity contribution in [1.29, 1.82) is 0 Å². The average Bonchev–Trinajstić information content (AvgIpc) is 3.30. The SMILES string of the molecule is CN(C)c1ccc(C2c3cccn3CCN2C(=O)C2CC2)cc1. The second-order valence-electron chi connectivity index (χ2n) is 6.82. The van der Waals surface area contributed by atoms with E-state index in [1.165, 1.54) is 16.9 Å². The van der Waals surface area contributed by atoms with Crippen molar-refractivity contribution >= 4 is 11.6 Å². The fourth-order valence-electron chi connectivity index (χ4n) is 3.49. The summed E-state index contributed by atoms with van der Waals surface area (Å²) in [6, 6.07) is 12.9. The van der Waals surface area contributed by atoms with Crippen molar-refractivity contribution in [2.75, 3.05) is 25.5 Å². The smallest absolute Gasteiger partial charge is 0.226 e. The Morgan fingerprint density at radius 2 is 1.83 bits per heavy atom. The first-order chi connectivity index (χ1) is 11.1. The summed E-state index contributed by atoms with van der Waals surface area (Å²) in [4.78, 5) is 17.0. The number of aromatic nitrogens is 1. The van der Waals surface area contributed by atoms with Crippen LogP contribution in [0.3, 0.4) is 0 Å². The zero-order valence-corrected chi connectivity index (χ0v) is 13.8. The topological polar surface area (TPSA) is 28.5 Å². The average molecular weight is 309 g/mol. The molecule has 4 heteroatoms. The van der Waals surface area contributed by atoms with Crippen LogP contribution in [-0.4, -0.2) is 36.0 Å². The van der Waals surface area contributed by atoms with E-state index in [1.807, 2.05) is 14.1 Å². The summed E-state index contributed by atoms with van der Waals surface area (Å²) in [5, 5.41) is 0. The zero-order valence-electron chi connectivity index (χ0n) is 13.8. The van der Waals surface area contributed by atoms with Crippen LogP contribution in [0.2, 0.25) is 0 Å². The number of rotatable bonds is 3. The minimum Gasteiger partial charge on any atom is -0.378 e. The maximum atomic E-state index is 12.8. The first-order valence-electron chi connectivity index (χ1n) is 8.38. The number of fused-ring (bicyclic) bond motifs is 1. The molecule has 4 rings (SSSR count). The van der Waals surface area contributed by atoms with Crippen molar-refractivity contribution in [3.05, 3.63) is 53.9 Å². The van der Waals surface area contributed by atoms with Crippen LogP contribution in [0.5, 0.6) is 0 Å². The molecule has 0 saturated heterocycles. The number of carbonyl (C=O) groups excluding carboxylic acids is 1. The van der Waals surface area contributed by atoms with E-state index in [2.05, 4.69) is 57.0 Å². The molecule has 23 heavy (non-hydrogen) atoms. The van der Waals surface area contributed by atoms with Gasteiger partial charge in [-0.05, 0) is 42.7 Å². The summed E-state index contributed by atoms with van der Waals surface area (Å²) in [6.07, 6.45) is 4.24. The van der Waals surface area contributed by atoms with Crippen molar-refractivity contribution in [2.45, 2.75) is 25.4 Å². The van der Waals surface area contributed by atoms with Gasteiger partial charge < -0.3 is 14.4 Å². The molecule has 120 valence electrons. The first-order valence-corrected chi connectivity index (χ1v) is 8.38. The van der Waals surface area contributed by atoms with Gasteiger partial charge in [0.1, 0.15) is 0 Å². The molecular weight excluding hydrogens is 286 g/mol. The van der Waals surface area contributed by atoms with Crippen molar-refractivity contribution in [3.63, 3.8) is 0 Å². The Labute approximate surface area is 137 Å². The van der Waals surface area contributed by atoms with Gasteiger partial charge in [-0.1, -0.05) is 12.1 Å². The van der Waals surface area contributed by atoms with Crippen LogP contribution < -0.4 is 4.90 Å². The van der Waals surface area contributed by atoms with Gasteiger partial charge in [0.15, 0.2) is 0 Å². The predicted octanol–water partition coefficient (Wildman–Crippen LogP) is 2.90. The Hall–Kier alpha value is -2.23. The summed E-state index contributed by atoms with van der Waals surface area (Å²) >= 11 is 0. The molecule has 2 aromatic rings. The van der Waals surface area contributed by atoms with E-state index in [1.54, 1.807) is 0 Å². The van der Waals surface area contributed by atoms with E-state index in [0.717, 1.165) is 25.9 Å². The largest absolute Gasteiger partial charge is 0.378 e. The Balaban J connectivity index is 1.73. The standard InChI is InChI=1S/C19H23N3O/c1-20(2)16-9-7-14(8-10-16)18-17-4-3-11-21(17)12-13-22(18)19(23)15-5-6-15/h3-4,7-11,15,18H,5-6,12-13H2,1-2H3. The normalized spacial score (nSPS) is 20.3. The van der Waals surface area contributed by atoms with Crippen LogP contribution in [0, 0.1) is 5.92 Å². The molecule has 0 radical (unpaired) electrons. The number of anilines is 1. The molecule has 0 spiro atoms. The van der Waals surface area contributed by atoms with E-state index in [0.29, 0.717) is 5.91 Å². The molecule has 1 atom stereocenters. The second kappa shape index (κ2) is 5.44. The zero-order chi connectivity index (χ0) is 16.0. The lowest BCUT2D eigenvalue weighted by atomic mass is 9.99. The molecule has 1 fully saturated rings. The maximum absolute atomic E-state index is 12.8. The van der Waals surface area contributed by atoms with Crippen molar-refractivity contribution in [1.82, 2.24) is 9.47 Å². The first kappa shape index (κ1) is 14.4. The second-order valence-corrected chi connectivity index (χ2v) is 6.82. The van der Waals surface area contributed by atoms with Gasteiger partial charge in [0.2, 0.25) is 5.91 Å². The Kier molecular flexibility index (Phi) is 3.40. The third-order valence-corrected chi connectivity index (χ3v) is 4.97. The number of carbonyl (C=O) groups is 1. The molecule has 2 aliphatic rings. The molecule has 4 nitrogen and oxygen atoms in total. The third-order valence-electron chi connectivity index (χ3n) is 4.97. The van der Waals surface area contributed by atoms with E-state index in [9.17, 15) is 4.79 Å². The number of nitrogens with zero attached hydrogens (tertiary/aromatic N) is 3. The van der Waals surface area contributed by atoms with Crippen LogP contribution in [0.4, 0.5) is 5.69 Å². The number of hydrogen-bond acceptors (Lipinski definition) is 2. The minimum absolute atomic E-state index is 0.0445. The number of hydrogen-bond donors (Lipinski definition) is 0. The summed E-state index contributed by atoms with van der Waals surface area (Å²) in [5.41, 5.74) is 3.60. The molecule has 1 aromatic heterocycles. The van der Waals surface area contributed by atoms with Gasteiger partial charge in [0, 0.05) is 50.7 Å². The van der Waals surface area contributed by atoms with Gasteiger partial charge in [-0.3, -0.25) is 4.79 Å². The molecule has 1 aliphatic carbocycles. The van der Waals surface area contributed by atoms with E-state index >= 15 is 0 Å². The van der Waals surface area contributed by atoms with Crippen molar-refractivity contribution < 1.29 is 4.79 Å². The van der Waals surface area contributed by atoms with Crippen LogP contribution in [0.25, 0.3) is 0 Å². The highest BCUT2D eigenvalue weighted by molar-refractivity contribution is 5.82. The van der Waals surface area contributed by atoms with Crippen LogP contribution in [-0.2, 0) is 11.3 Å². The summed E-state index contributed by atoms with van der Waals surface area (Å²) in [6.45, 7) is 1.70. The fraction of sp³-hybridized carbons (Fsp3) is 0.421. The lowest BCUT2D eigenvalue weighted by Crippen LogP contribution is -2.43. The molecule has 1 unspecified atom stereocenters. The van der Waals surface area contributed by atoms with Crippen LogP contribution >= 0.6 is 0 Å². The van der Waals surface area contributed by atoms with Crippen molar-refractivity contribution in [3.8, 4) is 0 Å². The van der Waals surface area contributed by atoms with Gasteiger partial charge in [-0.2, -0.15) is 0 Å². The molecule has 1 amide bonds. The Morgan fingerprint density at radius 3 is 2.48 bits per heavy atom. The van der Waals surface area contributed by atoms with Gasteiger partial charge >= 0.3 is 0 Å². The van der Waals surface area contributed by atoms with Gasteiger partial charge in [-0.25, -0.2) is 0 Å². The highest BCUT2D eigenvalue weighted by Crippen LogP contribution is 2.38. The van der Waals surface area contributed by atoms with E-state index in [4.69, 9.17) is 0 Å². The minimum atomic E-state index is 0.0445. The number of amides is 1. The van der Waals surface area contributed by atoms with Gasteiger partial charge in [0.25, 0.3) is 0 Å². The monoisotopic (exact) mass is 309 g/mol. The highest BCUT2D eigenvalue weighted by Gasteiger charge is 2.39. The van der Waals surface area contributed by atoms with E-state index < -0.39 is 0 Å². The maximum Gasteiger partial charge on any atom is 0.226 e. The molecule has 2 heterocycles. The van der Waals surface area contributed by atoms with Crippen LogP contribution in [0.15, 0.2) is 42.6 Å². The fourth-order valence-corrected chi connectivity index (χ4v) is 3.49. The molecule has 0 N–H and O–H groups in total. The quantitative estimate of drug-likeness (QED) is 0.872. The Bertz CT molecular complexity index is 712. The van der Waals surface area contributed by atoms with Crippen LogP contribution in [0.1, 0.15) is 30.1 Å². The molecule has 1 aliphatic heterocycles. The van der Waals surface area contributed by atoms with E-state index in [-0.39, 0.29) is 12.0 Å². The van der Waals surface area contributed by atoms with Gasteiger partial charge in [0.05, 0.1) is 6.04 Å². The third kappa shape index (κ3) is 2.52. The summed E-state index contributed by atoms with van der Waals surface area (Å²) in [7, 11) is 4.09. The van der Waals surface area contributed by atoms with Crippen molar-refractivity contribution in [2.24, 2.45) is 5.92 Å². The molecule has 0 bridgehead atoms. The predicted molar refractivity (Wildman–Crippen MR) is 91.5 cm³/mol. The molecular formula is C19H23N3O. The lowest BCUT2D eigenvalue weighted by Gasteiger charge is -2.37. The number of benzene rings is 1.